The van der Waals surface area contributed by atoms with Crippen molar-refractivity contribution in [2.45, 2.75) is 19.8 Å². The molecular weight excluding hydrogens is 256 g/mol. The molecule has 0 radical (unpaired) electrons. The lowest BCUT2D eigenvalue weighted by Gasteiger charge is -2.38. The summed E-state index contributed by atoms with van der Waals surface area (Å²) in [6, 6.07) is 1.86. The molecule has 0 spiro atoms. The molecule has 1 aliphatic heterocycles. The van der Waals surface area contributed by atoms with Crippen LogP contribution in [0.5, 0.6) is 0 Å². The molecule has 0 unspecified atom stereocenters. The van der Waals surface area contributed by atoms with Crippen molar-refractivity contribution in [2.24, 2.45) is 11.1 Å². The van der Waals surface area contributed by atoms with Crippen molar-refractivity contribution in [3.8, 4) is 0 Å². The molecule has 0 aromatic carbocycles. The number of pyridine rings is 1. The van der Waals surface area contributed by atoms with E-state index in [4.69, 9.17) is 18.0 Å². The first-order chi connectivity index (χ1) is 9.00. The molecule has 1 saturated heterocycles. The summed E-state index contributed by atoms with van der Waals surface area (Å²) in [6.45, 7) is 5.59. The van der Waals surface area contributed by atoms with Crippen LogP contribution in [0.1, 0.15) is 25.3 Å². The topological polar surface area (TPSA) is 54.2 Å². The molecule has 19 heavy (non-hydrogen) atoms. The van der Waals surface area contributed by atoms with E-state index >= 15 is 0 Å². The first-order valence-corrected chi connectivity index (χ1v) is 7.07. The first-order valence-electron chi connectivity index (χ1n) is 6.66. The minimum absolute atomic E-state index is 0.329. The number of nitrogens with zero attached hydrogens (tertiary/aromatic N) is 2. The molecule has 2 rings (SSSR count). The Morgan fingerprint density at radius 1 is 1.53 bits per heavy atom. The fourth-order valence-corrected chi connectivity index (χ4v) is 2.57. The minimum Gasteiger partial charge on any atom is -0.389 e. The smallest absolute Gasteiger partial charge is 0.106 e. The van der Waals surface area contributed by atoms with Crippen LogP contribution in [0.15, 0.2) is 18.5 Å². The van der Waals surface area contributed by atoms with Gasteiger partial charge >= 0.3 is 0 Å². The van der Waals surface area contributed by atoms with Crippen molar-refractivity contribution in [3.63, 3.8) is 0 Å². The van der Waals surface area contributed by atoms with E-state index in [-0.39, 0.29) is 0 Å². The second-order valence-electron chi connectivity index (χ2n) is 5.75. The molecule has 0 atom stereocenters. The van der Waals surface area contributed by atoms with E-state index in [1.807, 2.05) is 6.07 Å². The lowest BCUT2D eigenvalue weighted by molar-refractivity contribution is 0.150. The van der Waals surface area contributed by atoms with Crippen LogP contribution in [0.3, 0.4) is 0 Å². The number of nitrogens with one attached hydrogen (secondary N) is 1. The maximum atomic E-state index is 5.73. The molecule has 4 nitrogen and oxygen atoms in total. The maximum absolute atomic E-state index is 5.73. The summed E-state index contributed by atoms with van der Waals surface area (Å²) < 4.78 is 0. The SMILES string of the molecule is CN1CCC(C)(CNc2cnccc2C(N)=S)CC1. The second kappa shape index (κ2) is 5.84. The Labute approximate surface area is 120 Å². The van der Waals surface area contributed by atoms with Crippen molar-refractivity contribution in [3.05, 3.63) is 24.0 Å². The normalized spacial score (nSPS) is 19.1. The third-order valence-corrected chi connectivity index (χ3v) is 4.21. The number of rotatable bonds is 4. The van der Waals surface area contributed by atoms with Gasteiger partial charge in [-0.25, -0.2) is 0 Å². The summed E-state index contributed by atoms with van der Waals surface area (Å²) in [4.78, 5) is 6.94. The van der Waals surface area contributed by atoms with Gasteiger partial charge in [0.2, 0.25) is 0 Å². The van der Waals surface area contributed by atoms with Crippen LogP contribution in [0.2, 0.25) is 0 Å². The van der Waals surface area contributed by atoms with Crippen LogP contribution < -0.4 is 11.1 Å². The fraction of sp³-hybridized carbons (Fsp3) is 0.571. The molecule has 1 fully saturated rings. The molecule has 104 valence electrons. The van der Waals surface area contributed by atoms with Crippen LogP contribution >= 0.6 is 12.2 Å². The van der Waals surface area contributed by atoms with E-state index in [0.29, 0.717) is 10.4 Å². The summed E-state index contributed by atoms with van der Waals surface area (Å²) in [7, 11) is 2.18. The molecule has 1 aromatic heterocycles. The predicted octanol–water partition coefficient (Wildman–Crippen LogP) is 1.86. The van der Waals surface area contributed by atoms with Crippen LogP contribution in [0.25, 0.3) is 0 Å². The van der Waals surface area contributed by atoms with Crippen molar-refractivity contribution in [2.75, 3.05) is 32.0 Å². The van der Waals surface area contributed by atoms with E-state index in [9.17, 15) is 0 Å². The highest BCUT2D eigenvalue weighted by molar-refractivity contribution is 7.80. The van der Waals surface area contributed by atoms with Gasteiger partial charge in [-0.05, 0) is 44.5 Å². The number of anilines is 1. The first kappa shape index (κ1) is 14.2. The third-order valence-electron chi connectivity index (χ3n) is 3.99. The molecule has 0 saturated carbocycles. The Morgan fingerprint density at radius 3 is 2.84 bits per heavy atom. The Kier molecular flexibility index (Phi) is 4.37. The number of nitrogens with two attached hydrogens (primary N) is 1. The van der Waals surface area contributed by atoms with E-state index < -0.39 is 0 Å². The van der Waals surface area contributed by atoms with Gasteiger partial charge in [-0.3, -0.25) is 4.98 Å². The van der Waals surface area contributed by atoms with Crippen molar-refractivity contribution in [1.29, 1.82) is 0 Å². The number of hydrogen-bond acceptors (Lipinski definition) is 4. The van der Waals surface area contributed by atoms with Crippen molar-refractivity contribution >= 4 is 22.9 Å². The summed E-state index contributed by atoms with van der Waals surface area (Å²) in [5, 5.41) is 3.47. The highest BCUT2D eigenvalue weighted by atomic mass is 32.1. The molecule has 1 aromatic rings. The Bertz CT molecular complexity index is 453. The van der Waals surface area contributed by atoms with Crippen LogP contribution in [0, 0.1) is 5.41 Å². The lowest BCUT2D eigenvalue weighted by atomic mass is 9.80. The zero-order chi connectivity index (χ0) is 13.9. The largest absolute Gasteiger partial charge is 0.389 e. The zero-order valence-electron chi connectivity index (χ0n) is 11.6. The second-order valence-corrected chi connectivity index (χ2v) is 6.19. The van der Waals surface area contributed by atoms with Gasteiger partial charge in [0, 0.05) is 18.3 Å². The summed E-state index contributed by atoms with van der Waals surface area (Å²) >= 11 is 5.07. The highest BCUT2D eigenvalue weighted by Crippen LogP contribution is 2.30. The maximum Gasteiger partial charge on any atom is 0.106 e. The van der Waals surface area contributed by atoms with Gasteiger partial charge in [0.15, 0.2) is 0 Å². The number of piperidine rings is 1. The van der Waals surface area contributed by atoms with Gasteiger partial charge < -0.3 is 16.0 Å². The summed E-state index contributed by atoms with van der Waals surface area (Å²) in [5.74, 6) is 0. The minimum atomic E-state index is 0.329. The van der Waals surface area contributed by atoms with Gasteiger partial charge in [0.05, 0.1) is 11.9 Å². The zero-order valence-corrected chi connectivity index (χ0v) is 12.5. The Balaban J connectivity index is 2.01. The van der Waals surface area contributed by atoms with Crippen LogP contribution in [-0.2, 0) is 0 Å². The average molecular weight is 278 g/mol. The predicted molar refractivity (Wildman–Crippen MR) is 83.5 cm³/mol. The molecule has 3 N–H and O–H groups in total. The fourth-order valence-electron chi connectivity index (χ4n) is 2.39. The highest BCUT2D eigenvalue weighted by Gasteiger charge is 2.28. The molecule has 0 aliphatic carbocycles. The monoisotopic (exact) mass is 278 g/mol. The standard InChI is InChI=1S/C14H22N4S/c1-14(4-7-18(2)8-5-14)10-17-12-9-16-6-3-11(12)13(15)19/h3,6,9,17H,4-5,7-8,10H2,1-2H3,(H2,15,19). The number of likely N-dealkylation sites (tertiary alicyclic amines) is 1. The molecular formula is C14H22N4S. The van der Waals surface area contributed by atoms with Crippen molar-refractivity contribution in [1.82, 2.24) is 9.88 Å². The Hall–Kier alpha value is -1.20. The summed E-state index contributed by atoms with van der Waals surface area (Å²) in [6.07, 6.45) is 5.93. The summed E-state index contributed by atoms with van der Waals surface area (Å²) in [5.41, 5.74) is 7.88. The molecule has 0 amide bonds. The molecule has 0 bridgehead atoms. The number of thiocarbonyl (C=S) groups is 1. The van der Waals surface area contributed by atoms with Crippen LogP contribution in [-0.4, -0.2) is 41.6 Å². The average Bonchev–Trinajstić information content (AvgIpc) is 2.41. The van der Waals surface area contributed by atoms with Gasteiger partial charge in [0.25, 0.3) is 0 Å². The Morgan fingerprint density at radius 2 is 2.21 bits per heavy atom. The molecule has 5 heteroatoms. The number of hydrogen-bond donors (Lipinski definition) is 2. The van der Waals surface area contributed by atoms with E-state index in [0.717, 1.165) is 30.9 Å². The lowest BCUT2D eigenvalue weighted by Crippen LogP contribution is -2.40. The van der Waals surface area contributed by atoms with Gasteiger partial charge in [0.1, 0.15) is 4.99 Å². The van der Waals surface area contributed by atoms with Gasteiger partial charge in [-0.2, -0.15) is 0 Å². The number of aromatic nitrogens is 1. The van der Waals surface area contributed by atoms with Gasteiger partial charge in [-0.15, -0.1) is 0 Å². The van der Waals surface area contributed by atoms with Crippen molar-refractivity contribution < 1.29 is 0 Å². The van der Waals surface area contributed by atoms with E-state index in [2.05, 4.69) is 29.2 Å². The third kappa shape index (κ3) is 3.64. The van der Waals surface area contributed by atoms with E-state index in [1.54, 1.807) is 12.4 Å². The quantitative estimate of drug-likeness (QED) is 0.823. The van der Waals surface area contributed by atoms with Crippen LogP contribution in [0.4, 0.5) is 5.69 Å². The molecule has 1 aliphatic rings. The molecule has 2 heterocycles. The van der Waals surface area contributed by atoms with Gasteiger partial charge in [-0.1, -0.05) is 19.1 Å². The van der Waals surface area contributed by atoms with E-state index in [1.165, 1.54) is 12.8 Å².